The number of thiazole rings is 1. The number of benzene rings is 1. The number of piperidine rings is 1. The molecule has 1 aromatic carbocycles. The molecule has 0 radical (unpaired) electrons. The highest BCUT2D eigenvalue weighted by molar-refractivity contribution is 7.14. The monoisotopic (exact) mass is 569 g/mol. The zero-order valence-electron chi connectivity index (χ0n) is 23.0. The molecule has 4 heterocycles. The first kappa shape index (κ1) is 27.6. The predicted octanol–water partition coefficient (Wildman–Crippen LogP) is 5.51. The molecule has 11 nitrogen and oxygen atoms in total. The van der Waals surface area contributed by atoms with Gasteiger partial charge in [0, 0.05) is 34.9 Å². The molecule has 5 rings (SSSR count). The van der Waals surface area contributed by atoms with Gasteiger partial charge in [-0.2, -0.15) is 9.97 Å². The summed E-state index contributed by atoms with van der Waals surface area (Å²) in [4.78, 5) is 43.6. The third kappa shape index (κ3) is 5.93. The predicted molar refractivity (Wildman–Crippen MR) is 152 cm³/mol. The fraction of sp³-hybridized carbons (Fsp3) is 0.444. The van der Waals surface area contributed by atoms with E-state index in [-0.39, 0.29) is 36.2 Å². The summed E-state index contributed by atoms with van der Waals surface area (Å²) in [5.41, 5.74) is 0.893. The molecule has 0 aliphatic carbocycles. The van der Waals surface area contributed by atoms with E-state index in [1.54, 1.807) is 18.4 Å². The number of hydrogen-bond donors (Lipinski definition) is 3. The van der Waals surface area contributed by atoms with Crippen LogP contribution in [0.2, 0.25) is 0 Å². The maximum absolute atomic E-state index is 14.3. The normalized spacial score (nSPS) is 17.7. The van der Waals surface area contributed by atoms with Gasteiger partial charge in [-0.1, -0.05) is 0 Å². The van der Waals surface area contributed by atoms with Gasteiger partial charge in [0.1, 0.15) is 22.9 Å². The van der Waals surface area contributed by atoms with Crippen LogP contribution in [0.1, 0.15) is 57.9 Å². The van der Waals surface area contributed by atoms with E-state index in [2.05, 4.69) is 37.4 Å². The molecule has 40 heavy (non-hydrogen) atoms. The summed E-state index contributed by atoms with van der Waals surface area (Å²) in [6.07, 6.45) is 0.899. The average molecular weight is 570 g/mol. The molecule has 0 spiro atoms. The first-order valence-corrected chi connectivity index (χ1v) is 14.0. The van der Waals surface area contributed by atoms with Crippen molar-refractivity contribution in [3.05, 3.63) is 35.1 Å². The third-order valence-electron chi connectivity index (χ3n) is 6.47. The summed E-state index contributed by atoms with van der Waals surface area (Å²) < 4.78 is 24.8. The molecule has 1 aliphatic heterocycles. The third-order valence-corrected chi connectivity index (χ3v) is 7.23. The van der Waals surface area contributed by atoms with Gasteiger partial charge in [0.2, 0.25) is 5.95 Å². The quantitative estimate of drug-likeness (QED) is 0.257. The van der Waals surface area contributed by atoms with Crippen molar-refractivity contribution in [2.45, 2.75) is 65.1 Å². The number of rotatable bonds is 6. The highest BCUT2D eigenvalue weighted by Crippen LogP contribution is 2.36. The number of carbonyl (C=O) groups is 2. The number of nitrogens with one attached hydrogen (secondary N) is 3. The van der Waals surface area contributed by atoms with Crippen LogP contribution in [0, 0.1) is 5.82 Å². The molecular formula is C27H32FN7O4S. The largest absolute Gasteiger partial charge is 0.461 e. The van der Waals surface area contributed by atoms with Crippen molar-refractivity contribution in [3.63, 3.8) is 0 Å². The molecule has 1 fully saturated rings. The Morgan fingerprint density at radius 3 is 2.77 bits per heavy atom. The molecule has 2 atom stereocenters. The second kappa shape index (κ2) is 10.9. The number of fused-ring (bicyclic) bond motifs is 3. The lowest BCUT2D eigenvalue weighted by Crippen LogP contribution is -2.50. The summed E-state index contributed by atoms with van der Waals surface area (Å²) in [7, 11) is 0. The number of nitrogens with zero attached hydrogens (tertiary/aromatic N) is 4. The van der Waals surface area contributed by atoms with E-state index in [0.29, 0.717) is 46.8 Å². The van der Waals surface area contributed by atoms with Crippen molar-refractivity contribution in [3.8, 4) is 0 Å². The van der Waals surface area contributed by atoms with Crippen LogP contribution in [0.5, 0.6) is 0 Å². The van der Waals surface area contributed by atoms with Crippen LogP contribution in [0.3, 0.4) is 0 Å². The lowest BCUT2D eigenvalue weighted by atomic mass is 9.98. The Kier molecular flexibility index (Phi) is 7.49. The molecule has 3 N–H and O–H groups in total. The maximum Gasteiger partial charge on any atom is 0.407 e. The van der Waals surface area contributed by atoms with E-state index in [1.165, 1.54) is 23.5 Å². The van der Waals surface area contributed by atoms with Gasteiger partial charge in [0.05, 0.1) is 12.0 Å². The zero-order chi connectivity index (χ0) is 28.6. The Balaban J connectivity index is 1.46. The number of alkyl carbamates (subject to hydrolysis) is 1. The van der Waals surface area contributed by atoms with E-state index in [0.717, 1.165) is 5.52 Å². The van der Waals surface area contributed by atoms with Crippen molar-refractivity contribution in [1.82, 2.24) is 25.3 Å². The molecule has 13 heteroatoms. The van der Waals surface area contributed by atoms with Gasteiger partial charge in [-0.25, -0.2) is 19.0 Å². The van der Waals surface area contributed by atoms with Crippen LogP contribution >= 0.6 is 11.3 Å². The van der Waals surface area contributed by atoms with Crippen molar-refractivity contribution < 1.29 is 23.5 Å². The Morgan fingerprint density at radius 2 is 2.05 bits per heavy atom. The van der Waals surface area contributed by atoms with Gasteiger partial charge >= 0.3 is 12.1 Å². The lowest BCUT2D eigenvalue weighted by Gasteiger charge is -2.39. The number of anilines is 3. The van der Waals surface area contributed by atoms with Gasteiger partial charge in [-0.3, -0.25) is 5.32 Å². The number of halogens is 1. The molecule has 1 aliphatic rings. The highest BCUT2D eigenvalue weighted by atomic mass is 32.1. The number of aromatic nitrogens is 4. The number of amides is 1. The average Bonchev–Trinajstić information content (AvgIpc) is 3.47. The van der Waals surface area contributed by atoms with E-state index < -0.39 is 17.7 Å². The Bertz CT molecular complexity index is 1560. The summed E-state index contributed by atoms with van der Waals surface area (Å²) in [5.74, 6) is 0.0533. The number of aromatic amines is 1. The summed E-state index contributed by atoms with van der Waals surface area (Å²) >= 11 is 1.23. The van der Waals surface area contributed by atoms with Crippen LogP contribution < -0.4 is 15.5 Å². The highest BCUT2D eigenvalue weighted by Gasteiger charge is 2.31. The maximum atomic E-state index is 14.3. The van der Waals surface area contributed by atoms with Crippen LogP contribution in [0.15, 0.2) is 23.6 Å². The van der Waals surface area contributed by atoms with Gasteiger partial charge in [0.15, 0.2) is 10.8 Å². The Labute approximate surface area is 234 Å². The first-order chi connectivity index (χ1) is 19.0. The molecular weight excluding hydrogens is 537 g/mol. The SMILES string of the molecule is CCOC(=O)c1csc(Nc2nc(N3CCC(NC(=O)OC(C)(C)C)C[C@H]3C)c3c(n2)[nH]c2ccc(F)cc23)n1. The molecule has 3 aromatic heterocycles. The summed E-state index contributed by atoms with van der Waals surface area (Å²) in [5, 5.41) is 9.51. The fourth-order valence-electron chi connectivity index (χ4n) is 4.83. The number of H-pyrrole nitrogens is 1. The standard InChI is InChI=1S/C27H32FN7O4S/c1-6-38-23(36)19-13-40-25(31-19)34-24-32-21-20(17-12-15(28)7-8-18(17)30-21)22(33-24)35-10-9-16(11-14(35)2)29-26(37)39-27(3,4)5/h7-8,12-14,16H,6,9-11H2,1-5H3,(H,29,37)(H2,30,31,32,33,34)/t14-,16?/m1/s1. The van der Waals surface area contributed by atoms with E-state index >= 15 is 0 Å². The van der Waals surface area contributed by atoms with E-state index in [1.807, 2.05) is 20.8 Å². The van der Waals surface area contributed by atoms with Crippen LogP contribution in [0.25, 0.3) is 21.9 Å². The minimum absolute atomic E-state index is 0.00609. The number of esters is 1. The Morgan fingerprint density at radius 1 is 1.25 bits per heavy atom. The van der Waals surface area contributed by atoms with Crippen LogP contribution in [-0.4, -0.2) is 62.8 Å². The smallest absolute Gasteiger partial charge is 0.407 e. The molecule has 4 aromatic rings. The van der Waals surface area contributed by atoms with Crippen molar-refractivity contribution in [2.75, 3.05) is 23.4 Å². The van der Waals surface area contributed by atoms with Crippen molar-refractivity contribution >= 4 is 62.2 Å². The fourth-order valence-corrected chi connectivity index (χ4v) is 5.50. The second-order valence-electron chi connectivity index (χ2n) is 10.7. The first-order valence-electron chi connectivity index (χ1n) is 13.2. The van der Waals surface area contributed by atoms with Crippen molar-refractivity contribution in [1.29, 1.82) is 0 Å². The second-order valence-corrected chi connectivity index (χ2v) is 11.6. The van der Waals surface area contributed by atoms with Crippen LogP contribution in [0.4, 0.5) is 26.1 Å². The zero-order valence-corrected chi connectivity index (χ0v) is 23.8. The van der Waals surface area contributed by atoms with Gasteiger partial charge in [0.25, 0.3) is 0 Å². The topological polar surface area (TPSA) is 134 Å². The molecule has 1 amide bonds. The van der Waals surface area contributed by atoms with E-state index in [4.69, 9.17) is 14.5 Å². The molecule has 212 valence electrons. The van der Waals surface area contributed by atoms with Gasteiger partial charge in [-0.05, 0) is 65.7 Å². The number of carbonyl (C=O) groups excluding carboxylic acids is 2. The molecule has 0 bridgehead atoms. The minimum atomic E-state index is -0.578. The van der Waals surface area contributed by atoms with Gasteiger partial charge < -0.3 is 24.7 Å². The number of hydrogen-bond acceptors (Lipinski definition) is 10. The van der Waals surface area contributed by atoms with Crippen molar-refractivity contribution in [2.24, 2.45) is 0 Å². The lowest BCUT2D eigenvalue weighted by molar-refractivity contribution is 0.0490. The molecule has 1 unspecified atom stereocenters. The van der Waals surface area contributed by atoms with Gasteiger partial charge in [-0.15, -0.1) is 11.3 Å². The van der Waals surface area contributed by atoms with Crippen LogP contribution in [-0.2, 0) is 9.47 Å². The number of ether oxygens (including phenoxy) is 2. The minimum Gasteiger partial charge on any atom is -0.461 e. The summed E-state index contributed by atoms with van der Waals surface area (Å²) in [6.45, 7) is 10.1. The molecule has 1 saturated heterocycles. The molecule has 0 saturated carbocycles. The Hall–Kier alpha value is -4.00. The summed E-state index contributed by atoms with van der Waals surface area (Å²) in [6, 6.07) is 4.48. The van der Waals surface area contributed by atoms with E-state index in [9.17, 15) is 14.0 Å².